The maximum Gasteiger partial charge on any atom is 0.324 e. The predicted octanol–water partition coefficient (Wildman–Crippen LogP) is 0.460. The molecule has 0 aliphatic carbocycles. The van der Waals surface area contributed by atoms with Gasteiger partial charge in [-0.05, 0) is 38.1 Å². The Morgan fingerprint density at radius 1 is 1.45 bits per heavy atom. The van der Waals surface area contributed by atoms with Gasteiger partial charge in [0.2, 0.25) is 11.1 Å². The summed E-state index contributed by atoms with van der Waals surface area (Å²) < 4.78 is 1.67. The summed E-state index contributed by atoms with van der Waals surface area (Å²) in [6.45, 7) is 8.60. The first-order valence-electron chi connectivity index (χ1n) is 6.35. The van der Waals surface area contributed by atoms with Crippen molar-refractivity contribution in [2.24, 2.45) is 0 Å². The average molecular weight is 298 g/mol. The molecule has 3 amide bonds. The van der Waals surface area contributed by atoms with E-state index in [1.165, 1.54) is 16.7 Å². The van der Waals surface area contributed by atoms with Gasteiger partial charge in [-0.15, -0.1) is 5.10 Å². The van der Waals surface area contributed by atoms with Crippen molar-refractivity contribution in [1.82, 2.24) is 30.4 Å². The first-order chi connectivity index (χ1) is 9.30. The molecule has 0 spiro atoms. The van der Waals surface area contributed by atoms with Crippen molar-refractivity contribution >= 4 is 23.7 Å². The van der Waals surface area contributed by atoms with Crippen LogP contribution in [0.25, 0.3) is 0 Å². The molecule has 1 aliphatic heterocycles. The number of amides is 3. The second-order valence-electron chi connectivity index (χ2n) is 5.53. The molecule has 110 valence electrons. The fourth-order valence-electron chi connectivity index (χ4n) is 1.78. The van der Waals surface area contributed by atoms with Gasteiger partial charge >= 0.3 is 6.03 Å². The number of aromatic nitrogens is 4. The number of hydrogen-bond acceptors (Lipinski definition) is 6. The third-order valence-electron chi connectivity index (χ3n) is 2.83. The molecule has 0 bridgehead atoms. The molecule has 1 unspecified atom stereocenters. The molecule has 8 nitrogen and oxygen atoms in total. The van der Waals surface area contributed by atoms with E-state index in [4.69, 9.17) is 0 Å². The van der Waals surface area contributed by atoms with Crippen molar-refractivity contribution in [3.63, 3.8) is 0 Å². The molecule has 0 radical (unpaired) electrons. The van der Waals surface area contributed by atoms with Crippen molar-refractivity contribution < 1.29 is 9.59 Å². The van der Waals surface area contributed by atoms with Gasteiger partial charge in [0.15, 0.2) is 0 Å². The van der Waals surface area contributed by atoms with Gasteiger partial charge in [-0.2, -0.15) is 0 Å². The Morgan fingerprint density at radius 3 is 2.70 bits per heavy atom. The number of carbonyl (C=O) groups is 2. The van der Waals surface area contributed by atoms with E-state index in [2.05, 4.69) is 20.8 Å². The molecule has 2 heterocycles. The zero-order valence-corrected chi connectivity index (χ0v) is 12.8. The Balaban J connectivity index is 2.08. The molecule has 1 aliphatic rings. The largest absolute Gasteiger partial charge is 0.336 e. The molecule has 20 heavy (non-hydrogen) atoms. The van der Waals surface area contributed by atoms with Crippen molar-refractivity contribution in [1.29, 1.82) is 0 Å². The van der Waals surface area contributed by atoms with Gasteiger partial charge in [0.25, 0.3) is 0 Å². The number of nitrogens with one attached hydrogen (secondary N) is 1. The van der Waals surface area contributed by atoms with Crippen molar-refractivity contribution in [3.8, 4) is 0 Å². The van der Waals surface area contributed by atoms with Gasteiger partial charge in [0.1, 0.15) is 0 Å². The summed E-state index contributed by atoms with van der Waals surface area (Å²) in [6.07, 6.45) is 0. The number of hydrogen-bond donors (Lipinski definition) is 1. The van der Waals surface area contributed by atoms with E-state index in [1.807, 2.05) is 20.8 Å². The normalized spacial score (nSPS) is 17.2. The molecule has 0 saturated carbocycles. The van der Waals surface area contributed by atoms with Gasteiger partial charge < -0.3 is 5.32 Å². The summed E-state index contributed by atoms with van der Waals surface area (Å²) in [7, 11) is 0. The van der Waals surface area contributed by atoms with Gasteiger partial charge in [0.05, 0.1) is 10.8 Å². The minimum absolute atomic E-state index is 0.228. The van der Waals surface area contributed by atoms with Crippen molar-refractivity contribution in [3.05, 3.63) is 0 Å². The lowest BCUT2D eigenvalue weighted by atomic mass is 10.1. The summed E-state index contributed by atoms with van der Waals surface area (Å²) in [5.41, 5.74) is -0.264. The molecule has 1 fully saturated rings. The molecule has 1 saturated heterocycles. The zero-order chi connectivity index (χ0) is 14.9. The summed E-state index contributed by atoms with van der Waals surface area (Å²) >= 11 is 1.26. The number of rotatable bonds is 3. The Hall–Kier alpha value is -1.64. The van der Waals surface area contributed by atoms with Gasteiger partial charge in [-0.1, -0.05) is 11.8 Å². The first kappa shape index (κ1) is 14.8. The lowest BCUT2D eigenvalue weighted by Gasteiger charge is -2.21. The average Bonchev–Trinajstić information content (AvgIpc) is 2.96. The minimum atomic E-state index is -0.425. The van der Waals surface area contributed by atoms with Crippen molar-refractivity contribution in [2.75, 3.05) is 13.1 Å². The molecule has 2 rings (SSSR count). The van der Waals surface area contributed by atoms with Gasteiger partial charge in [-0.25, -0.2) is 9.48 Å². The highest BCUT2D eigenvalue weighted by Crippen LogP contribution is 2.26. The second-order valence-corrected chi connectivity index (χ2v) is 6.83. The molecule has 1 N–H and O–H groups in total. The monoisotopic (exact) mass is 298 g/mol. The highest BCUT2D eigenvalue weighted by molar-refractivity contribution is 8.00. The second kappa shape index (κ2) is 5.39. The van der Waals surface area contributed by atoms with Crippen LogP contribution >= 0.6 is 11.8 Å². The Kier molecular flexibility index (Phi) is 3.98. The van der Waals surface area contributed by atoms with Crippen LogP contribution in [0.2, 0.25) is 0 Å². The summed E-state index contributed by atoms with van der Waals surface area (Å²) in [5, 5.41) is 14.3. The van der Waals surface area contributed by atoms with Gasteiger partial charge in [0, 0.05) is 13.1 Å². The van der Waals surface area contributed by atoms with E-state index in [-0.39, 0.29) is 17.5 Å². The van der Waals surface area contributed by atoms with E-state index in [1.54, 1.807) is 11.6 Å². The number of urea groups is 1. The van der Waals surface area contributed by atoms with Crippen LogP contribution in [-0.2, 0) is 10.3 Å². The smallest absolute Gasteiger partial charge is 0.324 e. The standard InChI is InChI=1S/C11H18N6O2S/c1-7(8(18)16-6-5-12-9(16)19)20-10-13-14-15-17(10)11(2,3)4/h7H,5-6H2,1-4H3,(H,12,19). The summed E-state index contributed by atoms with van der Waals surface area (Å²) in [5.74, 6) is -0.228. The van der Waals surface area contributed by atoms with Crippen LogP contribution in [0.4, 0.5) is 4.79 Å². The van der Waals surface area contributed by atoms with Crippen LogP contribution in [0.3, 0.4) is 0 Å². The SMILES string of the molecule is CC(Sc1nnnn1C(C)(C)C)C(=O)N1CCNC1=O. The molecular formula is C11H18N6O2S. The highest BCUT2D eigenvalue weighted by atomic mass is 32.2. The number of imide groups is 1. The molecular weight excluding hydrogens is 280 g/mol. The van der Waals surface area contributed by atoms with Crippen molar-refractivity contribution in [2.45, 2.75) is 43.6 Å². The maximum absolute atomic E-state index is 12.2. The summed E-state index contributed by atoms with van der Waals surface area (Å²) in [4.78, 5) is 24.9. The van der Waals surface area contributed by atoms with E-state index < -0.39 is 5.25 Å². The lowest BCUT2D eigenvalue weighted by molar-refractivity contribution is -0.126. The van der Waals surface area contributed by atoms with Crippen LogP contribution in [0.15, 0.2) is 5.16 Å². The molecule has 1 aromatic heterocycles. The number of thioether (sulfide) groups is 1. The molecule has 1 atom stereocenters. The number of tetrazole rings is 1. The van der Waals surface area contributed by atoms with E-state index in [0.29, 0.717) is 18.2 Å². The van der Waals surface area contributed by atoms with Crippen LogP contribution < -0.4 is 5.32 Å². The maximum atomic E-state index is 12.2. The highest BCUT2D eigenvalue weighted by Gasteiger charge is 2.32. The Labute approximate surface area is 121 Å². The van der Waals surface area contributed by atoms with Crippen LogP contribution in [0.1, 0.15) is 27.7 Å². The van der Waals surface area contributed by atoms with E-state index in [0.717, 1.165) is 0 Å². The topological polar surface area (TPSA) is 93.0 Å². The zero-order valence-electron chi connectivity index (χ0n) is 12.0. The van der Waals surface area contributed by atoms with Crippen LogP contribution in [-0.4, -0.2) is 55.4 Å². The first-order valence-corrected chi connectivity index (χ1v) is 7.23. The van der Waals surface area contributed by atoms with Crippen LogP contribution in [0, 0.1) is 0 Å². The fraction of sp³-hybridized carbons (Fsp3) is 0.727. The minimum Gasteiger partial charge on any atom is -0.336 e. The lowest BCUT2D eigenvalue weighted by Crippen LogP contribution is -2.39. The molecule has 9 heteroatoms. The third-order valence-corrected chi connectivity index (χ3v) is 3.85. The van der Waals surface area contributed by atoms with E-state index >= 15 is 0 Å². The fourth-order valence-corrected chi connectivity index (χ4v) is 2.82. The van der Waals surface area contributed by atoms with E-state index in [9.17, 15) is 9.59 Å². The quantitative estimate of drug-likeness (QED) is 0.815. The Morgan fingerprint density at radius 2 is 2.15 bits per heavy atom. The molecule has 0 aromatic carbocycles. The molecule has 1 aromatic rings. The summed E-state index contributed by atoms with van der Waals surface area (Å²) in [6, 6.07) is -0.335. The van der Waals surface area contributed by atoms with Gasteiger partial charge in [-0.3, -0.25) is 9.69 Å². The Bertz CT molecular complexity index is 523. The third kappa shape index (κ3) is 2.92. The predicted molar refractivity (Wildman–Crippen MR) is 73.2 cm³/mol. The number of nitrogens with zero attached hydrogens (tertiary/aromatic N) is 5. The number of carbonyl (C=O) groups excluding carboxylic acids is 2. The van der Waals surface area contributed by atoms with Crippen LogP contribution in [0.5, 0.6) is 0 Å².